The number of aromatic nitrogens is 1. The lowest BCUT2D eigenvalue weighted by Gasteiger charge is -2.18. The van der Waals surface area contributed by atoms with Gasteiger partial charge in [0.1, 0.15) is 11.4 Å². The summed E-state index contributed by atoms with van der Waals surface area (Å²) >= 11 is 0. The van der Waals surface area contributed by atoms with Crippen LogP contribution in [-0.2, 0) is 9.53 Å². The largest absolute Gasteiger partial charge is 0.452 e. The molecule has 1 aromatic rings. The van der Waals surface area contributed by atoms with Crippen molar-refractivity contribution in [2.45, 2.75) is 44.6 Å². The van der Waals surface area contributed by atoms with E-state index in [2.05, 4.69) is 15.6 Å². The number of anilines is 1. The number of esters is 1. The zero-order chi connectivity index (χ0) is 18.4. The van der Waals surface area contributed by atoms with Crippen LogP contribution in [0.2, 0.25) is 0 Å². The van der Waals surface area contributed by atoms with Gasteiger partial charge in [0.15, 0.2) is 6.61 Å². The molecule has 3 rings (SSSR count). The fourth-order valence-electron chi connectivity index (χ4n) is 3.40. The van der Waals surface area contributed by atoms with Gasteiger partial charge < -0.3 is 15.0 Å². The number of amides is 3. The molecule has 1 aromatic heterocycles. The van der Waals surface area contributed by atoms with E-state index in [0.29, 0.717) is 11.4 Å². The van der Waals surface area contributed by atoms with Gasteiger partial charge >= 0.3 is 12.0 Å². The van der Waals surface area contributed by atoms with E-state index in [4.69, 9.17) is 4.74 Å². The number of hydrogen-bond donors (Lipinski definition) is 2. The molecule has 1 aliphatic carbocycles. The van der Waals surface area contributed by atoms with Gasteiger partial charge in [-0.25, -0.2) is 14.6 Å². The van der Waals surface area contributed by atoms with Crippen LogP contribution in [0.1, 0.15) is 48.9 Å². The molecule has 8 heteroatoms. The second-order valence-corrected chi connectivity index (χ2v) is 6.65. The first-order valence-corrected chi connectivity index (χ1v) is 9.11. The first-order valence-electron chi connectivity index (χ1n) is 9.11. The fourth-order valence-corrected chi connectivity index (χ4v) is 3.40. The van der Waals surface area contributed by atoms with Crippen molar-refractivity contribution in [3.05, 3.63) is 23.9 Å². The predicted octanol–water partition coefficient (Wildman–Crippen LogP) is 1.61. The van der Waals surface area contributed by atoms with Crippen LogP contribution in [-0.4, -0.2) is 48.6 Å². The minimum atomic E-state index is -0.652. The van der Waals surface area contributed by atoms with Crippen LogP contribution in [0.15, 0.2) is 18.3 Å². The number of pyridine rings is 1. The summed E-state index contributed by atoms with van der Waals surface area (Å²) in [6.45, 7) is 1.18. The lowest BCUT2D eigenvalue weighted by Crippen LogP contribution is -2.45. The van der Waals surface area contributed by atoms with Gasteiger partial charge in [-0.3, -0.25) is 10.1 Å². The molecular weight excluding hydrogens is 336 g/mol. The standard InChI is InChI=1S/C18H24N4O4/c23-15(21-18(25)20-13-6-1-2-7-13)12-26-17(24)14-8-5-9-19-16(14)22-10-3-4-11-22/h5,8-9,13H,1-4,6-7,10-12H2,(H2,20,21,23,25). The van der Waals surface area contributed by atoms with Crippen molar-refractivity contribution in [1.29, 1.82) is 0 Å². The average molecular weight is 360 g/mol. The molecule has 26 heavy (non-hydrogen) atoms. The van der Waals surface area contributed by atoms with Crippen LogP contribution in [0, 0.1) is 0 Å². The third-order valence-corrected chi connectivity index (χ3v) is 4.69. The number of carbonyl (C=O) groups excluding carboxylic acids is 3. The molecular formula is C18H24N4O4. The van der Waals surface area contributed by atoms with Gasteiger partial charge in [-0.1, -0.05) is 12.8 Å². The van der Waals surface area contributed by atoms with Gasteiger partial charge in [-0.05, 0) is 37.8 Å². The Labute approximate surface area is 152 Å². The Balaban J connectivity index is 1.49. The third kappa shape index (κ3) is 4.71. The number of imide groups is 1. The summed E-state index contributed by atoms with van der Waals surface area (Å²) in [5.74, 6) is -0.693. The van der Waals surface area contributed by atoms with Crippen LogP contribution in [0.25, 0.3) is 0 Å². The first kappa shape index (κ1) is 18.2. The molecule has 1 saturated carbocycles. The highest BCUT2D eigenvalue weighted by Gasteiger charge is 2.23. The molecule has 0 unspecified atom stereocenters. The van der Waals surface area contributed by atoms with Crippen LogP contribution >= 0.6 is 0 Å². The lowest BCUT2D eigenvalue weighted by atomic mass is 10.2. The number of ether oxygens (including phenoxy) is 1. The van der Waals surface area contributed by atoms with Gasteiger partial charge in [0.25, 0.3) is 5.91 Å². The van der Waals surface area contributed by atoms with Crippen molar-refractivity contribution in [3.8, 4) is 0 Å². The molecule has 8 nitrogen and oxygen atoms in total. The molecule has 0 radical (unpaired) electrons. The summed E-state index contributed by atoms with van der Waals surface area (Å²) in [6.07, 6.45) is 7.77. The van der Waals surface area contributed by atoms with E-state index in [9.17, 15) is 14.4 Å². The molecule has 2 fully saturated rings. The van der Waals surface area contributed by atoms with Gasteiger partial charge in [-0.2, -0.15) is 0 Å². The first-order chi connectivity index (χ1) is 12.6. The summed E-state index contributed by atoms with van der Waals surface area (Å²) in [5.41, 5.74) is 0.331. The molecule has 2 heterocycles. The minimum absolute atomic E-state index is 0.115. The Morgan fingerprint density at radius 2 is 1.88 bits per heavy atom. The normalized spacial score (nSPS) is 17.2. The smallest absolute Gasteiger partial charge is 0.342 e. The highest BCUT2D eigenvalue weighted by atomic mass is 16.5. The van der Waals surface area contributed by atoms with E-state index in [1.165, 1.54) is 0 Å². The van der Waals surface area contributed by atoms with Crippen LogP contribution in [0.5, 0.6) is 0 Å². The molecule has 0 bridgehead atoms. The second-order valence-electron chi connectivity index (χ2n) is 6.65. The molecule has 2 N–H and O–H groups in total. The third-order valence-electron chi connectivity index (χ3n) is 4.69. The summed E-state index contributed by atoms with van der Waals surface area (Å²) in [7, 11) is 0. The molecule has 0 spiro atoms. The highest BCUT2D eigenvalue weighted by molar-refractivity contribution is 5.98. The lowest BCUT2D eigenvalue weighted by molar-refractivity contribution is -0.123. The van der Waals surface area contributed by atoms with Crippen molar-refractivity contribution < 1.29 is 19.1 Å². The van der Waals surface area contributed by atoms with E-state index < -0.39 is 24.5 Å². The summed E-state index contributed by atoms with van der Waals surface area (Å²) < 4.78 is 5.06. The van der Waals surface area contributed by atoms with Gasteiger partial charge in [0, 0.05) is 25.3 Å². The van der Waals surface area contributed by atoms with Gasteiger partial charge in [-0.15, -0.1) is 0 Å². The maximum atomic E-state index is 12.3. The second kappa shape index (κ2) is 8.64. The Kier molecular flexibility index (Phi) is 6.04. The zero-order valence-electron chi connectivity index (χ0n) is 14.7. The summed E-state index contributed by atoms with van der Waals surface area (Å²) in [5, 5.41) is 4.94. The molecule has 2 aliphatic rings. The topological polar surface area (TPSA) is 101 Å². The molecule has 0 atom stereocenters. The van der Waals surface area contributed by atoms with Crippen molar-refractivity contribution in [2.24, 2.45) is 0 Å². The highest BCUT2D eigenvalue weighted by Crippen LogP contribution is 2.22. The zero-order valence-corrected chi connectivity index (χ0v) is 14.7. The maximum absolute atomic E-state index is 12.3. The molecule has 1 aliphatic heterocycles. The Morgan fingerprint density at radius 3 is 2.62 bits per heavy atom. The van der Waals surface area contributed by atoms with Gasteiger partial charge in [0.2, 0.25) is 0 Å². The van der Waals surface area contributed by atoms with Crippen LogP contribution in [0.3, 0.4) is 0 Å². The fraction of sp³-hybridized carbons (Fsp3) is 0.556. The molecule has 0 aromatic carbocycles. The maximum Gasteiger partial charge on any atom is 0.342 e. The van der Waals surface area contributed by atoms with E-state index in [0.717, 1.165) is 51.6 Å². The summed E-state index contributed by atoms with van der Waals surface area (Å²) in [6, 6.07) is 2.86. The van der Waals surface area contributed by atoms with Crippen molar-refractivity contribution in [1.82, 2.24) is 15.6 Å². The number of hydrogen-bond acceptors (Lipinski definition) is 6. The minimum Gasteiger partial charge on any atom is -0.452 e. The number of urea groups is 1. The van der Waals surface area contributed by atoms with E-state index >= 15 is 0 Å². The molecule has 140 valence electrons. The number of nitrogens with one attached hydrogen (secondary N) is 2. The van der Waals surface area contributed by atoms with E-state index in [-0.39, 0.29) is 6.04 Å². The SMILES string of the molecule is O=C(COC(=O)c1cccnc1N1CCCC1)NC(=O)NC1CCCC1. The Hall–Kier alpha value is -2.64. The van der Waals surface area contributed by atoms with Crippen LogP contribution in [0.4, 0.5) is 10.6 Å². The Morgan fingerprint density at radius 1 is 1.15 bits per heavy atom. The molecule has 3 amide bonds. The molecule has 1 saturated heterocycles. The van der Waals surface area contributed by atoms with Crippen molar-refractivity contribution in [2.75, 3.05) is 24.6 Å². The Bertz CT molecular complexity index is 667. The number of nitrogens with zero attached hydrogens (tertiary/aromatic N) is 2. The monoisotopic (exact) mass is 360 g/mol. The number of carbonyl (C=O) groups is 3. The van der Waals surface area contributed by atoms with Crippen molar-refractivity contribution in [3.63, 3.8) is 0 Å². The predicted molar refractivity (Wildman–Crippen MR) is 94.9 cm³/mol. The van der Waals surface area contributed by atoms with E-state index in [1.54, 1.807) is 18.3 Å². The van der Waals surface area contributed by atoms with Crippen LogP contribution < -0.4 is 15.5 Å². The average Bonchev–Trinajstić information content (AvgIpc) is 3.33. The van der Waals surface area contributed by atoms with E-state index in [1.807, 2.05) is 4.90 Å². The quantitative estimate of drug-likeness (QED) is 0.774. The van der Waals surface area contributed by atoms with Gasteiger partial charge in [0.05, 0.1) is 0 Å². The number of rotatable bonds is 5. The van der Waals surface area contributed by atoms with Crippen molar-refractivity contribution >= 4 is 23.7 Å². The summed E-state index contributed by atoms with van der Waals surface area (Å²) in [4.78, 5) is 42.2.